The van der Waals surface area contributed by atoms with Gasteiger partial charge in [-0.1, -0.05) is 0 Å². The summed E-state index contributed by atoms with van der Waals surface area (Å²) in [5.74, 6) is 1.17. The second-order valence-corrected chi connectivity index (χ2v) is 3.79. The van der Waals surface area contributed by atoms with Gasteiger partial charge in [-0.25, -0.2) is 0 Å². The first-order valence-corrected chi connectivity index (χ1v) is 5.32. The molecule has 6 heteroatoms. The number of aromatic nitrogens is 4. The van der Waals surface area contributed by atoms with Gasteiger partial charge in [0.25, 0.3) is 0 Å². The summed E-state index contributed by atoms with van der Waals surface area (Å²) in [6.45, 7) is 4.21. The topological polar surface area (TPSA) is 78.9 Å². The minimum Gasteiger partial charge on any atom is -0.434 e. The molecular formula is C11H15N5O. The van der Waals surface area contributed by atoms with Crippen molar-refractivity contribution in [3.05, 3.63) is 29.2 Å². The summed E-state index contributed by atoms with van der Waals surface area (Å²) in [5.41, 5.74) is 7.96. The van der Waals surface area contributed by atoms with Gasteiger partial charge in [0, 0.05) is 19.7 Å². The SMILES string of the molecule is Cc1nn(C)c(C)c1Oc1ccc(CN)nn1. The van der Waals surface area contributed by atoms with Crippen LogP contribution in [0.2, 0.25) is 0 Å². The Morgan fingerprint density at radius 1 is 1.29 bits per heavy atom. The van der Waals surface area contributed by atoms with E-state index in [0.29, 0.717) is 12.4 Å². The van der Waals surface area contributed by atoms with E-state index in [-0.39, 0.29) is 0 Å². The summed E-state index contributed by atoms with van der Waals surface area (Å²) in [5, 5.41) is 12.1. The first-order valence-electron chi connectivity index (χ1n) is 5.32. The van der Waals surface area contributed by atoms with Crippen molar-refractivity contribution in [2.24, 2.45) is 12.8 Å². The highest BCUT2D eigenvalue weighted by atomic mass is 16.5. The molecule has 0 aliphatic carbocycles. The predicted octanol–water partition coefficient (Wildman–Crippen LogP) is 1.08. The van der Waals surface area contributed by atoms with Gasteiger partial charge >= 0.3 is 0 Å². The second kappa shape index (κ2) is 4.50. The van der Waals surface area contributed by atoms with Crippen molar-refractivity contribution >= 4 is 0 Å². The maximum atomic E-state index is 5.66. The van der Waals surface area contributed by atoms with E-state index in [2.05, 4.69) is 15.3 Å². The van der Waals surface area contributed by atoms with E-state index in [0.717, 1.165) is 22.8 Å². The number of nitrogens with zero attached hydrogens (tertiary/aromatic N) is 4. The van der Waals surface area contributed by atoms with Gasteiger partial charge in [-0.05, 0) is 19.9 Å². The number of aryl methyl sites for hydroxylation is 2. The number of hydrogen-bond donors (Lipinski definition) is 1. The summed E-state index contributed by atoms with van der Waals surface area (Å²) in [6, 6.07) is 3.55. The summed E-state index contributed by atoms with van der Waals surface area (Å²) < 4.78 is 7.43. The summed E-state index contributed by atoms with van der Waals surface area (Å²) in [7, 11) is 1.87. The highest BCUT2D eigenvalue weighted by Crippen LogP contribution is 2.26. The fourth-order valence-electron chi connectivity index (χ4n) is 1.52. The average molecular weight is 233 g/mol. The van der Waals surface area contributed by atoms with E-state index in [4.69, 9.17) is 10.5 Å². The van der Waals surface area contributed by atoms with Gasteiger partial charge in [0.2, 0.25) is 5.88 Å². The van der Waals surface area contributed by atoms with Crippen molar-refractivity contribution < 1.29 is 4.74 Å². The molecule has 0 amide bonds. The Labute approximate surface area is 99.4 Å². The standard InChI is InChI=1S/C11H15N5O/c1-7-11(8(2)16(3)15-7)17-10-5-4-9(6-12)13-14-10/h4-5H,6,12H2,1-3H3. The quantitative estimate of drug-likeness (QED) is 0.858. The molecule has 0 aliphatic heterocycles. The molecule has 2 N–H and O–H groups in total. The first kappa shape index (κ1) is 11.5. The lowest BCUT2D eigenvalue weighted by Gasteiger charge is -2.04. The summed E-state index contributed by atoms with van der Waals surface area (Å²) >= 11 is 0. The van der Waals surface area contributed by atoms with Gasteiger partial charge in [-0.15, -0.1) is 5.10 Å². The minimum absolute atomic E-state index is 0.373. The van der Waals surface area contributed by atoms with Gasteiger partial charge in [-0.3, -0.25) is 4.68 Å². The molecule has 0 atom stereocenters. The molecule has 2 heterocycles. The maximum Gasteiger partial charge on any atom is 0.239 e. The first-order chi connectivity index (χ1) is 8.11. The predicted molar refractivity (Wildman–Crippen MR) is 62.7 cm³/mol. The Balaban J connectivity index is 2.25. The van der Waals surface area contributed by atoms with E-state index in [1.165, 1.54) is 0 Å². The van der Waals surface area contributed by atoms with Crippen LogP contribution in [0.1, 0.15) is 17.1 Å². The van der Waals surface area contributed by atoms with E-state index < -0.39 is 0 Å². The van der Waals surface area contributed by atoms with Gasteiger partial charge < -0.3 is 10.5 Å². The average Bonchev–Trinajstić information content (AvgIpc) is 2.57. The molecule has 0 bridgehead atoms. The molecule has 0 saturated heterocycles. The van der Waals surface area contributed by atoms with Crippen LogP contribution in [0.5, 0.6) is 11.6 Å². The fourth-order valence-corrected chi connectivity index (χ4v) is 1.52. The zero-order chi connectivity index (χ0) is 12.4. The normalized spacial score (nSPS) is 10.6. The number of nitrogens with two attached hydrogens (primary N) is 1. The molecule has 0 unspecified atom stereocenters. The van der Waals surface area contributed by atoms with Crippen molar-refractivity contribution in [1.82, 2.24) is 20.0 Å². The summed E-state index contributed by atoms with van der Waals surface area (Å²) in [6.07, 6.45) is 0. The van der Waals surface area contributed by atoms with Gasteiger partial charge in [0.05, 0.1) is 11.4 Å². The second-order valence-electron chi connectivity index (χ2n) is 3.79. The van der Waals surface area contributed by atoms with Crippen LogP contribution in [-0.2, 0) is 13.6 Å². The Morgan fingerprint density at radius 2 is 2.06 bits per heavy atom. The Bertz CT molecular complexity index is 517. The molecule has 2 rings (SSSR count). The van der Waals surface area contributed by atoms with Gasteiger partial charge in [0.15, 0.2) is 5.75 Å². The third-order valence-electron chi connectivity index (χ3n) is 2.55. The molecule has 0 saturated carbocycles. The third-order valence-corrected chi connectivity index (χ3v) is 2.55. The van der Waals surface area contributed by atoms with E-state index in [1.807, 2.05) is 20.9 Å². The van der Waals surface area contributed by atoms with Crippen LogP contribution < -0.4 is 10.5 Å². The molecule has 6 nitrogen and oxygen atoms in total. The molecule has 0 radical (unpaired) electrons. The van der Waals surface area contributed by atoms with Crippen molar-refractivity contribution in [3.63, 3.8) is 0 Å². The molecule has 2 aromatic heterocycles. The molecule has 0 aromatic carbocycles. The van der Waals surface area contributed by atoms with Crippen LogP contribution in [-0.4, -0.2) is 20.0 Å². The molecular weight excluding hydrogens is 218 g/mol. The minimum atomic E-state index is 0.373. The Kier molecular flexibility index (Phi) is 3.06. The van der Waals surface area contributed by atoms with Crippen LogP contribution in [0.15, 0.2) is 12.1 Å². The van der Waals surface area contributed by atoms with Crippen molar-refractivity contribution in [2.75, 3.05) is 0 Å². The molecule has 17 heavy (non-hydrogen) atoms. The number of rotatable bonds is 3. The number of ether oxygens (including phenoxy) is 1. The molecule has 0 fully saturated rings. The molecule has 90 valence electrons. The highest BCUT2D eigenvalue weighted by Gasteiger charge is 2.12. The van der Waals surface area contributed by atoms with Crippen LogP contribution in [0, 0.1) is 13.8 Å². The highest BCUT2D eigenvalue weighted by molar-refractivity contribution is 5.34. The van der Waals surface area contributed by atoms with E-state index in [9.17, 15) is 0 Å². The molecule has 0 aliphatic rings. The van der Waals surface area contributed by atoms with Crippen LogP contribution in [0.25, 0.3) is 0 Å². The smallest absolute Gasteiger partial charge is 0.239 e. The number of hydrogen-bond acceptors (Lipinski definition) is 5. The van der Waals surface area contributed by atoms with Gasteiger partial charge in [0.1, 0.15) is 5.69 Å². The zero-order valence-electron chi connectivity index (χ0n) is 10.1. The van der Waals surface area contributed by atoms with Crippen LogP contribution >= 0.6 is 0 Å². The van der Waals surface area contributed by atoms with Crippen molar-refractivity contribution in [3.8, 4) is 11.6 Å². The van der Waals surface area contributed by atoms with E-state index in [1.54, 1.807) is 16.8 Å². The van der Waals surface area contributed by atoms with Gasteiger partial charge in [-0.2, -0.15) is 10.2 Å². The third kappa shape index (κ3) is 2.26. The summed E-state index contributed by atoms with van der Waals surface area (Å²) in [4.78, 5) is 0. The zero-order valence-corrected chi connectivity index (χ0v) is 10.1. The molecule has 0 spiro atoms. The Morgan fingerprint density at radius 3 is 2.53 bits per heavy atom. The van der Waals surface area contributed by atoms with Crippen LogP contribution in [0.4, 0.5) is 0 Å². The lowest BCUT2D eigenvalue weighted by molar-refractivity contribution is 0.446. The lowest BCUT2D eigenvalue weighted by Crippen LogP contribution is -2.01. The van der Waals surface area contributed by atoms with Crippen LogP contribution in [0.3, 0.4) is 0 Å². The maximum absolute atomic E-state index is 5.66. The largest absolute Gasteiger partial charge is 0.434 e. The van der Waals surface area contributed by atoms with E-state index >= 15 is 0 Å². The van der Waals surface area contributed by atoms with Crippen molar-refractivity contribution in [1.29, 1.82) is 0 Å². The monoisotopic (exact) mass is 233 g/mol. The Hall–Kier alpha value is -1.95. The fraction of sp³-hybridized carbons (Fsp3) is 0.364. The van der Waals surface area contributed by atoms with Crippen molar-refractivity contribution in [2.45, 2.75) is 20.4 Å². The molecule has 2 aromatic rings. The lowest BCUT2D eigenvalue weighted by atomic mass is 10.3.